The summed E-state index contributed by atoms with van der Waals surface area (Å²) in [4.78, 5) is 11.8. The van der Waals surface area contributed by atoms with Gasteiger partial charge in [-0.25, -0.2) is 4.98 Å². The molecule has 0 radical (unpaired) electrons. The van der Waals surface area contributed by atoms with Crippen LogP contribution in [-0.2, 0) is 4.74 Å². The fourth-order valence-electron chi connectivity index (χ4n) is 3.67. The minimum Gasteiger partial charge on any atom is -0.382 e. The summed E-state index contributed by atoms with van der Waals surface area (Å²) >= 11 is 0. The zero-order chi connectivity index (χ0) is 18.9. The molecule has 5 rings (SSSR count). The summed E-state index contributed by atoms with van der Waals surface area (Å²) in [5.74, 6) is 0. The first-order valence-corrected chi connectivity index (χ1v) is 9.15. The van der Waals surface area contributed by atoms with Crippen molar-refractivity contribution in [3.05, 3.63) is 78.9 Å². The highest BCUT2D eigenvalue weighted by Crippen LogP contribution is 2.33. The molecule has 0 aliphatic heterocycles. The lowest BCUT2D eigenvalue weighted by atomic mass is 10.1. The van der Waals surface area contributed by atoms with Gasteiger partial charge in [-0.05, 0) is 29.8 Å². The SMILES string of the molecule is COCC(c1ccccc1)n1nc(-c2ccncc2)c2cc3nc[nH]c3cc21. The Hall–Kier alpha value is -3.51. The molecule has 0 spiro atoms. The van der Waals surface area contributed by atoms with Crippen LogP contribution in [0.1, 0.15) is 11.6 Å². The van der Waals surface area contributed by atoms with Crippen LogP contribution in [-0.4, -0.2) is 38.4 Å². The van der Waals surface area contributed by atoms with Crippen molar-refractivity contribution in [3.8, 4) is 11.3 Å². The normalized spacial score (nSPS) is 12.6. The van der Waals surface area contributed by atoms with E-state index in [0.29, 0.717) is 6.61 Å². The monoisotopic (exact) mass is 369 g/mol. The third-order valence-electron chi connectivity index (χ3n) is 5.01. The average Bonchev–Trinajstić information content (AvgIpc) is 3.36. The second-order valence-electron chi connectivity index (χ2n) is 6.70. The van der Waals surface area contributed by atoms with Gasteiger partial charge in [-0.15, -0.1) is 0 Å². The molecule has 3 heterocycles. The Morgan fingerprint density at radius 2 is 1.89 bits per heavy atom. The molecule has 0 saturated heterocycles. The van der Waals surface area contributed by atoms with E-state index in [9.17, 15) is 0 Å². The summed E-state index contributed by atoms with van der Waals surface area (Å²) in [7, 11) is 1.72. The van der Waals surface area contributed by atoms with Crippen molar-refractivity contribution in [3.63, 3.8) is 0 Å². The number of pyridine rings is 1. The molecule has 138 valence electrons. The summed E-state index contributed by atoms with van der Waals surface area (Å²) in [6, 6.07) is 18.5. The summed E-state index contributed by atoms with van der Waals surface area (Å²) in [5, 5.41) is 6.08. The van der Waals surface area contributed by atoms with Gasteiger partial charge in [-0.1, -0.05) is 30.3 Å². The summed E-state index contributed by atoms with van der Waals surface area (Å²) < 4.78 is 7.62. The van der Waals surface area contributed by atoms with Gasteiger partial charge in [0.1, 0.15) is 11.7 Å². The molecule has 0 bridgehead atoms. The van der Waals surface area contributed by atoms with Crippen LogP contribution in [0.3, 0.4) is 0 Å². The van der Waals surface area contributed by atoms with Crippen LogP contribution in [0.4, 0.5) is 0 Å². The molecule has 3 aromatic heterocycles. The Labute approximate surface area is 161 Å². The predicted molar refractivity (Wildman–Crippen MR) is 109 cm³/mol. The summed E-state index contributed by atoms with van der Waals surface area (Å²) in [5.41, 5.74) is 6.04. The second-order valence-corrected chi connectivity index (χ2v) is 6.70. The third-order valence-corrected chi connectivity index (χ3v) is 5.01. The first-order chi connectivity index (χ1) is 13.8. The number of nitrogens with one attached hydrogen (secondary N) is 1. The molecule has 0 amide bonds. The maximum atomic E-state index is 5.56. The van der Waals surface area contributed by atoms with E-state index in [-0.39, 0.29) is 6.04 Å². The highest BCUT2D eigenvalue weighted by Gasteiger charge is 2.21. The number of H-pyrrole nitrogens is 1. The van der Waals surface area contributed by atoms with Crippen molar-refractivity contribution in [1.82, 2.24) is 24.7 Å². The minimum absolute atomic E-state index is 0.0374. The van der Waals surface area contributed by atoms with Gasteiger partial charge in [0.15, 0.2) is 0 Å². The van der Waals surface area contributed by atoms with E-state index in [1.54, 1.807) is 25.8 Å². The molecule has 6 heteroatoms. The van der Waals surface area contributed by atoms with Crippen LogP contribution in [0.5, 0.6) is 0 Å². The molecule has 0 fully saturated rings. The number of fused-ring (bicyclic) bond motifs is 2. The molecule has 6 nitrogen and oxygen atoms in total. The zero-order valence-electron chi connectivity index (χ0n) is 15.4. The fourth-order valence-corrected chi connectivity index (χ4v) is 3.67. The van der Waals surface area contributed by atoms with Crippen LogP contribution in [0.25, 0.3) is 33.2 Å². The molecule has 1 N–H and O–H groups in total. The topological polar surface area (TPSA) is 68.6 Å². The molecular weight excluding hydrogens is 350 g/mol. The quantitative estimate of drug-likeness (QED) is 0.504. The van der Waals surface area contributed by atoms with Gasteiger partial charge in [0.05, 0.1) is 29.5 Å². The number of benzene rings is 2. The molecule has 5 aromatic rings. The fraction of sp³-hybridized carbons (Fsp3) is 0.136. The third kappa shape index (κ3) is 2.75. The van der Waals surface area contributed by atoms with E-state index >= 15 is 0 Å². The predicted octanol–water partition coefficient (Wildman–Crippen LogP) is 4.21. The number of aromatic amines is 1. The second kappa shape index (κ2) is 6.90. The van der Waals surface area contributed by atoms with Crippen molar-refractivity contribution in [1.29, 1.82) is 0 Å². The molecule has 0 aliphatic rings. The van der Waals surface area contributed by atoms with E-state index in [4.69, 9.17) is 9.84 Å². The number of aromatic nitrogens is 5. The van der Waals surface area contributed by atoms with Crippen LogP contribution >= 0.6 is 0 Å². The van der Waals surface area contributed by atoms with Gasteiger partial charge < -0.3 is 9.72 Å². The number of hydrogen-bond acceptors (Lipinski definition) is 4. The number of methoxy groups -OCH3 is 1. The molecule has 0 saturated carbocycles. The van der Waals surface area contributed by atoms with Crippen molar-refractivity contribution in [2.45, 2.75) is 6.04 Å². The Balaban J connectivity index is 1.80. The zero-order valence-corrected chi connectivity index (χ0v) is 15.4. The summed E-state index contributed by atoms with van der Waals surface area (Å²) in [6.07, 6.45) is 5.30. The molecular formula is C22H19N5O. The number of nitrogens with zero attached hydrogens (tertiary/aromatic N) is 4. The molecule has 0 aliphatic carbocycles. The lowest BCUT2D eigenvalue weighted by molar-refractivity contribution is 0.166. The summed E-state index contributed by atoms with van der Waals surface area (Å²) in [6.45, 7) is 0.525. The lowest BCUT2D eigenvalue weighted by Crippen LogP contribution is -2.17. The van der Waals surface area contributed by atoms with Crippen LogP contribution in [0, 0.1) is 0 Å². The number of hydrogen-bond donors (Lipinski definition) is 1. The van der Waals surface area contributed by atoms with Gasteiger partial charge in [0.25, 0.3) is 0 Å². The van der Waals surface area contributed by atoms with Gasteiger partial charge in [0.2, 0.25) is 0 Å². The Bertz CT molecular complexity index is 1230. The van der Waals surface area contributed by atoms with E-state index in [0.717, 1.165) is 38.8 Å². The van der Waals surface area contributed by atoms with Gasteiger partial charge in [-0.2, -0.15) is 5.10 Å². The lowest BCUT2D eigenvalue weighted by Gasteiger charge is -2.18. The Morgan fingerprint density at radius 3 is 2.68 bits per heavy atom. The van der Waals surface area contributed by atoms with Gasteiger partial charge >= 0.3 is 0 Å². The maximum Gasteiger partial charge on any atom is 0.101 e. The van der Waals surface area contributed by atoms with Crippen molar-refractivity contribution in [2.24, 2.45) is 0 Å². The van der Waals surface area contributed by atoms with Gasteiger partial charge in [0, 0.05) is 30.5 Å². The van der Waals surface area contributed by atoms with Crippen LogP contribution < -0.4 is 0 Å². The van der Waals surface area contributed by atoms with Crippen LogP contribution in [0.2, 0.25) is 0 Å². The Morgan fingerprint density at radius 1 is 1.07 bits per heavy atom. The van der Waals surface area contributed by atoms with Crippen molar-refractivity contribution < 1.29 is 4.74 Å². The minimum atomic E-state index is -0.0374. The Kier molecular flexibility index (Phi) is 4.10. The standard InChI is InChI=1S/C22H19N5O/c1-28-13-21(15-5-3-2-4-6-15)27-20-12-19-18(24-14-25-19)11-17(20)22(26-27)16-7-9-23-10-8-16/h2-12,14,21H,13H2,1H3,(H,24,25). The van der Waals surface area contributed by atoms with Crippen LogP contribution in [0.15, 0.2) is 73.3 Å². The maximum absolute atomic E-state index is 5.56. The van der Waals surface area contributed by atoms with E-state index in [2.05, 4.69) is 43.9 Å². The molecule has 2 aromatic carbocycles. The number of rotatable bonds is 5. The largest absolute Gasteiger partial charge is 0.382 e. The molecule has 1 unspecified atom stereocenters. The van der Waals surface area contributed by atoms with Crippen molar-refractivity contribution in [2.75, 3.05) is 13.7 Å². The van der Waals surface area contributed by atoms with Crippen molar-refractivity contribution >= 4 is 21.9 Å². The highest BCUT2D eigenvalue weighted by atomic mass is 16.5. The highest BCUT2D eigenvalue weighted by molar-refractivity contribution is 6.00. The molecule has 1 atom stereocenters. The average molecular weight is 369 g/mol. The van der Waals surface area contributed by atoms with E-state index in [1.165, 1.54) is 0 Å². The van der Waals surface area contributed by atoms with E-state index < -0.39 is 0 Å². The smallest absolute Gasteiger partial charge is 0.101 e. The number of ether oxygens (including phenoxy) is 1. The van der Waals surface area contributed by atoms with E-state index in [1.807, 2.05) is 30.3 Å². The first-order valence-electron chi connectivity index (χ1n) is 9.15. The number of imidazole rings is 1. The first kappa shape index (κ1) is 16.6. The van der Waals surface area contributed by atoms with Gasteiger partial charge in [-0.3, -0.25) is 9.67 Å². The molecule has 28 heavy (non-hydrogen) atoms.